The van der Waals surface area contributed by atoms with Gasteiger partial charge in [-0.25, -0.2) is 18.1 Å². The number of amidine groups is 1. The van der Waals surface area contributed by atoms with E-state index in [1.807, 2.05) is 38.1 Å². The molecule has 5 aromatic rings. The Morgan fingerprint density at radius 1 is 0.872 bits per heavy atom. The van der Waals surface area contributed by atoms with Crippen LogP contribution in [0.5, 0.6) is 5.75 Å². The minimum absolute atomic E-state index is 0.0400. The number of amides is 1. The van der Waals surface area contributed by atoms with Gasteiger partial charge in [0.2, 0.25) is 15.7 Å². The molecule has 0 aliphatic carbocycles. The summed E-state index contributed by atoms with van der Waals surface area (Å²) < 4.78 is 60.6. The Labute approximate surface area is 270 Å². The Kier molecular flexibility index (Phi) is 7.39. The Morgan fingerprint density at radius 3 is 2.19 bits per heavy atom. The normalized spacial score (nSPS) is 15.6. The van der Waals surface area contributed by atoms with E-state index < -0.39 is 28.4 Å². The maximum Gasteiger partial charge on any atom is 0.387 e. The second-order valence-electron chi connectivity index (χ2n) is 11.6. The van der Waals surface area contributed by atoms with Crippen molar-refractivity contribution in [1.29, 1.82) is 0 Å². The highest BCUT2D eigenvalue weighted by atomic mass is 32.2. The molecule has 0 fully saturated rings. The van der Waals surface area contributed by atoms with Gasteiger partial charge >= 0.3 is 6.61 Å². The first-order valence-corrected chi connectivity index (χ1v) is 16.4. The Bertz CT molecular complexity index is 2160. The van der Waals surface area contributed by atoms with Crippen molar-refractivity contribution in [2.45, 2.75) is 49.1 Å². The summed E-state index contributed by atoms with van der Waals surface area (Å²) in [5.74, 6) is 0.0796. The van der Waals surface area contributed by atoms with Crippen LogP contribution in [-0.2, 0) is 14.6 Å². The number of aliphatic imine (C=N–C) groups is 1. The van der Waals surface area contributed by atoms with Crippen molar-refractivity contribution in [2.75, 3.05) is 10.2 Å². The molecule has 1 atom stereocenters. The molecule has 2 aliphatic rings. The summed E-state index contributed by atoms with van der Waals surface area (Å²) in [6.07, 6.45) is 0. The first kappa shape index (κ1) is 30.3. The number of carbonyl (C=O) groups excluding carboxylic acids is 1. The minimum atomic E-state index is -3.80. The monoisotopic (exact) mass is 653 g/mol. The molecule has 1 N–H and O–H groups in total. The number of aryl methyl sites for hydroxylation is 1. The first-order valence-electron chi connectivity index (χ1n) is 14.9. The van der Waals surface area contributed by atoms with Gasteiger partial charge in [-0.1, -0.05) is 56.3 Å². The van der Waals surface area contributed by atoms with Crippen LogP contribution in [0.4, 0.5) is 26.0 Å². The second kappa shape index (κ2) is 11.5. The van der Waals surface area contributed by atoms with Crippen LogP contribution < -0.4 is 15.0 Å². The molecule has 3 heterocycles. The van der Waals surface area contributed by atoms with Crippen molar-refractivity contribution in [3.63, 3.8) is 0 Å². The lowest BCUT2D eigenvalue weighted by atomic mass is 9.92. The van der Waals surface area contributed by atoms with Crippen molar-refractivity contribution < 1.29 is 26.7 Å². The molecule has 47 heavy (non-hydrogen) atoms. The number of para-hydroxylation sites is 3. The third-order valence-corrected chi connectivity index (χ3v) is 10.1. The average Bonchev–Trinajstić information content (AvgIpc) is 3.40. The predicted molar refractivity (Wildman–Crippen MR) is 174 cm³/mol. The predicted octanol–water partition coefficient (Wildman–Crippen LogP) is 7.33. The average molecular weight is 654 g/mol. The van der Waals surface area contributed by atoms with Gasteiger partial charge in [-0.05, 0) is 73.0 Å². The quantitative estimate of drug-likeness (QED) is 0.197. The van der Waals surface area contributed by atoms with Gasteiger partial charge in [0.15, 0.2) is 5.82 Å². The molecule has 9 nitrogen and oxygen atoms in total. The van der Waals surface area contributed by atoms with Gasteiger partial charge in [0.1, 0.15) is 5.75 Å². The number of sulfone groups is 1. The zero-order chi connectivity index (χ0) is 33.0. The molecule has 4 aromatic carbocycles. The lowest BCUT2D eigenvalue weighted by Crippen LogP contribution is -2.48. The molecule has 0 saturated carbocycles. The lowest BCUT2D eigenvalue weighted by Gasteiger charge is -2.40. The molecule has 1 aromatic heterocycles. The Balaban J connectivity index is 1.36. The summed E-state index contributed by atoms with van der Waals surface area (Å²) in [5.41, 5.74) is 4.19. The zero-order valence-electron chi connectivity index (χ0n) is 25.6. The standard InChI is InChI=1S/C35H29F2N5O4S/c1-20(2)22-12-16-24(17-13-22)47(44,45)25-18-14-23(15-19-25)42-32-30(21(3)40-42)31(26-8-4-7-11-29(26)46-35(36)37)41-28-10-6-5-9-27(28)38-34(43)33(41)39-32/h4-20,31,35H,1-3H3,(H,38,43)/t31-/m0/s1. The Morgan fingerprint density at radius 2 is 1.51 bits per heavy atom. The second-order valence-corrected chi connectivity index (χ2v) is 13.5. The number of benzene rings is 4. The summed E-state index contributed by atoms with van der Waals surface area (Å²) >= 11 is 0. The van der Waals surface area contributed by atoms with E-state index in [1.54, 1.807) is 66.4 Å². The molecule has 0 spiro atoms. The number of fused-ring (bicyclic) bond motifs is 4. The summed E-state index contributed by atoms with van der Waals surface area (Å²) in [7, 11) is -3.80. The lowest BCUT2D eigenvalue weighted by molar-refractivity contribution is -0.110. The molecule has 0 radical (unpaired) electrons. The van der Waals surface area contributed by atoms with Crippen LogP contribution in [0.2, 0.25) is 0 Å². The van der Waals surface area contributed by atoms with Gasteiger partial charge in [0.05, 0.1) is 38.6 Å². The number of carbonyl (C=O) groups is 1. The number of halogens is 2. The number of hydrogen-bond acceptors (Lipinski definition) is 7. The van der Waals surface area contributed by atoms with E-state index >= 15 is 0 Å². The van der Waals surface area contributed by atoms with E-state index in [0.29, 0.717) is 39.7 Å². The van der Waals surface area contributed by atoms with Crippen molar-refractivity contribution >= 4 is 38.8 Å². The van der Waals surface area contributed by atoms with E-state index in [4.69, 9.17) is 14.8 Å². The fourth-order valence-electron chi connectivity index (χ4n) is 6.06. The maximum atomic E-state index is 13.6. The van der Waals surface area contributed by atoms with E-state index in [-0.39, 0.29) is 27.3 Å². The molecule has 7 rings (SSSR count). The first-order chi connectivity index (χ1) is 22.5. The number of anilines is 2. The molecule has 0 saturated heterocycles. The van der Waals surface area contributed by atoms with Gasteiger partial charge in [-0.2, -0.15) is 13.9 Å². The fourth-order valence-corrected chi connectivity index (χ4v) is 7.32. The number of ether oxygens (including phenoxy) is 1. The van der Waals surface area contributed by atoms with Gasteiger partial charge in [-0.3, -0.25) is 4.79 Å². The summed E-state index contributed by atoms with van der Waals surface area (Å²) in [5, 5.41) is 7.62. The van der Waals surface area contributed by atoms with Crippen molar-refractivity contribution in [2.24, 2.45) is 4.99 Å². The number of nitrogens with zero attached hydrogens (tertiary/aromatic N) is 4. The number of aromatic nitrogens is 2. The summed E-state index contributed by atoms with van der Waals surface area (Å²) in [4.78, 5) is 20.3. The number of rotatable bonds is 7. The van der Waals surface area contributed by atoms with Crippen molar-refractivity contribution in [3.8, 4) is 11.4 Å². The van der Waals surface area contributed by atoms with Gasteiger partial charge in [0.25, 0.3) is 5.91 Å². The van der Waals surface area contributed by atoms with E-state index in [9.17, 15) is 22.0 Å². The summed E-state index contributed by atoms with van der Waals surface area (Å²) in [6.45, 7) is 2.78. The van der Waals surface area contributed by atoms with Crippen LogP contribution in [0, 0.1) is 6.92 Å². The zero-order valence-corrected chi connectivity index (χ0v) is 26.4. The molecule has 0 unspecified atom stereocenters. The van der Waals surface area contributed by atoms with Crippen LogP contribution in [0.15, 0.2) is 112 Å². The van der Waals surface area contributed by atoms with Crippen molar-refractivity contribution in [1.82, 2.24) is 9.78 Å². The molecule has 0 bridgehead atoms. The van der Waals surface area contributed by atoms with E-state index in [1.165, 1.54) is 22.9 Å². The molecular formula is C35H29F2N5O4S. The number of alkyl halides is 2. The third kappa shape index (κ3) is 5.14. The third-order valence-electron chi connectivity index (χ3n) is 8.35. The fraction of sp³-hybridized carbons (Fsp3) is 0.171. The van der Waals surface area contributed by atoms with Crippen molar-refractivity contribution in [3.05, 3.63) is 119 Å². The van der Waals surface area contributed by atoms with Crippen LogP contribution in [0.1, 0.15) is 48.2 Å². The van der Waals surface area contributed by atoms with Crippen LogP contribution >= 0.6 is 0 Å². The SMILES string of the molecule is Cc1nn(-c2ccc(S(=O)(=O)c3ccc(C(C)C)cc3)cc2)c2c1[C@H](c1ccccc1OC(F)F)N1C(=N2)C(=O)Nc2ccccc21. The highest BCUT2D eigenvalue weighted by Gasteiger charge is 2.43. The molecular weight excluding hydrogens is 624 g/mol. The smallest absolute Gasteiger partial charge is 0.387 e. The van der Waals surface area contributed by atoms with Gasteiger partial charge in [0, 0.05) is 11.1 Å². The topological polar surface area (TPSA) is 106 Å². The largest absolute Gasteiger partial charge is 0.434 e. The van der Waals surface area contributed by atoms with Crippen LogP contribution in [0.3, 0.4) is 0 Å². The molecule has 12 heteroatoms. The highest BCUT2D eigenvalue weighted by Crippen LogP contribution is 2.49. The van der Waals surface area contributed by atoms with Crippen LogP contribution in [-0.4, -0.2) is 36.6 Å². The van der Waals surface area contributed by atoms with Crippen LogP contribution in [0.25, 0.3) is 5.69 Å². The van der Waals surface area contributed by atoms with E-state index in [2.05, 4.69) is 5.32 Å². The molecule has 2 aliphatic heterocycles. The number of nitrogens with one attached hydrogen (secondary N) is 1. The van der Waals surface area contributed by atoms with E-state index in [0.717, 1.165) is 5.56 Å². The van der Waals surface area contributed by atoms with Gasteiger partial charge < -0.3 is 15.0 Å². The maximum absolute atomic E-state index is 13.6. The van der Waals surface area contributed by atoms with Gasteiger partial charge in [-0.15, -0.1) is 0 Å². The number of hydrogen-bond donors (Lipinski definition) is 1. The molecule has 1 amide bonds. The minimum Gasteiger partial charge on any atom is -0.434 e. The Hall–Kier alpha value is -5.36. The summed E-state index contributed by atoms with van der Waals surface area (Å²) in [6, 6.07) is 25.9. The highest BCUT2D eigenvalue weighted by molar-refractivity contribution is 7.91. The molecule has 238 valence electrons.